The quantitative estimate of drug-likeness (QED) is 0.810. The van der Waals surface area contributed by atoms with Crippen molar-refractivity contribution in [3.63, 3.8) is 0 Å². The smallest absolute Gasteiger partial charge is 0.238 e. The molecule has 0 atom stereocenters. The summed E-state index contributed by atoms with van der Waals surface area (Å²) in [5.41, 5.74) is 0.218. The van der Waals surface area contributed by atoms with Crippen molar-refractivity contribution in [1.29, 1.82) is 0 Å². The minimum absolute atomic E-state index is 0.00350. The molecular weight excluding hydrogens is 209 g/mol. The molecule has 0 bridgehead atoms. The van der Waals surface area contributed by atoms with E-state index in [0.717, 1.165) is 18.2 Å². The maximum absolute atomic E-state index is 12.8. The third kappa shape index (κ3) is 2.50. The van der Waals surface area contributed by atoms with Crippen LogP contribution in [-0.2, 0) is 21.4 Å². The van der Waals surface area contributed by atoms with Gasteiger partial charge in [0.25, 0.3) is 0 Å². The second-order valence-electron chi connectivity index (χ2n) is 2.73. The molecule has 0 radical (unpaired) electrons. The molecule has 4 nitrogen and oxygen atoms in total. The van der Waals surface area contributed by atoms with Gasteiger partial charge in [-0.25, -0.2) is 17.9 Å². The van der Waals surface area contributed by atoms with Gasteiger partial charge < -0.3 is 4.74 Å². The number of halogens is 1. The lowest BCUT2D eigenvalue weighted by molar-refractivity contribution is 0.182. The first-order valence-corrected chi connectivity index (χ1v) is 5.30. The van der Waals surface area contributed by atoms with E-state index in [4.69, 9.17) is 9.88 Å². The van der Waals surface area contributed by atoms with E-state index in [1.54, 1.807) is 0 Å². The van der Waals surface area contributed by atoms with Gasteiger partial charge in [0.15, 0.2) is 0 Å². The Kier molecular flexibility index (Phi) is 3.20. The SMILES string of the molecule is COCc1cc(F)ccc1S(N)(=O)=O. The second-order valence-corrected chi connectivity index (χ2v) is 4.26. The summed E-state index contributed by atoms with van der Waals surface area (Å²) in [6.07, 6.45) is 0. The third-order valence-electron chi connectivity index (χ3n) is 1.63. The van der Waals surface area contributed by atoms with E-state index < -0.39 is 15.8 Å². The molecule has 2 N–H and O–H groups in total. The zero-order valence-electron chi connectivity index (χ0n) is 7.53. The number of ether oxygens (including phenoxy) is 1. The predicted molar refractivity (Wildman–Crippen MR) is 48.5 cm³/mol. The van der Waals surface area contributed by atoms with Crippen molar-refractivity contribution in [2.24, 2.45) is 5.14 Å². The van der Waals surface area contributed by atoms with Crippen LogP contribution in [0.5, 0.6) is 0 Å². The molecule has 0 fully saturated rings. The number of primary sulfonamides is 1. The van der Waals surface area contributed by atoms with Gasteiger partial charge in [0, 0.05) is 12.7 Å². The number of rotatable bonds is 3. The molecule has 0 aliphatic heterocycles. The molecule has 78 valence electrons. The largest absolute Gasteiger partial charge is 0.380 e. The Morgan fingerprint density at radius 1 is 1.50 bits per heavy atom. The standard InChI is InChI=1S/C8H10FNO3S/c1-13-5-6-4-7(9)2-3-8(6)14(10,11)12/h2-4H,5H2,1H3,(H2,10,11,12). The fourth-order valence-electron chi connectivity index (χ4n) is 1.09. The van der Waals surface area contributed by atoms with E-state index in [-0.39, 0.29) is 17.1 Å². The molecule has 0 amide bonds. The Morgan fingerprint density at radius 2 is 2.14 bits per heavy atom. The molecule has 1 rings (SSSR count). The van der Waals surface area contributed by atoms with E-state index in [1.165, 1.54) is 7.11 Å². The molecule has 0 aromatic heterocycles. The Balaban J connectivity index is 3.29. The van der Waals surface area contributed by atoms with E-state index >= 15 is 0 Å². The summed E-state index contributed by atoms with van der Waals surface area (Å²) in [4.78, 5) is -0.110. The zero-order chi connectivity index (χ0) is 10.8. The minimum atomic E-state index is -3.82. The molecular formula is C8H10FNO3S. The van der Waals surface area contributed by atoms with Crippen LogP contribution in [0.4, 0.5) is 4.39 Å². The lowest BCUT2D eigenvalue weighted by Gasteiger charge is -2.06. The zero-order valence-corrected chi connectivity index (χ0v) is 8.34. The number of benzene rings is 1. The van der Waals surface area contributed by atoms with E-state index in [2.05, 4.69) is 0 Å². The van der Waals surface area contributed by atoms with Crippen molar-refractivity contribution in [3.05, 3.63) is 29.6 Å². The van der Waals surface area contributed by atoms with E-state index in [1.807, 2.05) is 0 Å². The summed E-state index contributed by atoms with van der Waals surface area (Å²) >= 11 is 0. The van der Waals surface area contributed by atoms with Gasteiger partial charge in [-0.1, -0.05) is 0 Å². The molecule has 1 aromatic carbocycles. The average Bonchev–Trinajstić information content (AvgIpc) is 2.02. The molecule has 0 saturated heterocycles. The fraction of sp³-hybridized carbons (Fsp3) is 0.250. The van der Waals surface area contributed by atoms with Crippen LogP contribution in [0, 0.1) is 5.82 Å². The number of nitrogens with two attached hydrogens (primary N) is 1. The second kappa shape index (κ2) is 4.04. The highest BCUT2D eigenvalue weighted by atomic mass is 32.2. The molecule has 14 heavy (non-hydrogen) atoms. The van der Waals surface area contributed by atoms with Gasteiger partial charge >= 0.3 is 0 Å². The van der Waals surface area contributed by atoms with E-state index in [0.29, 0.717) is 0 Å². The van der Waals surface area contributed by atoms with Crippen LogP contribution in [-0.4, -0.2) is 15.5 Å². The first kappa shape index (κ1) is 11.1. The van der Waals surface area contributed by atoms with Crippen LogP contribution >= 0.6 is 0 Å². The summed E-state index contributed by atoms with van der Waals surface area (Å²) in [7, 11) is -2.43. The maximum atomic E-state index is 12.8. The molecule has 6 heteroatoms. The molecule has 0 aliphatic carbocycles. The van der Waals surface area contributed by atoms with Gasteiger partial charge in [0.05, 0.1) is 11.5 Å². The number of methoxy groups -OCH3 is 1. The monoisotopic (exact) mass is 219 g/mol. The average molecular weight is 219 g/mol. The molecule has 0 saturated carbocycles. The fourth-order valence-corrected chi connectivity index (χ4v) is 1.83. The van der Waals surface area contributed by atoms with Gasteiger partial charge in [0.2, 0.25) is 10.0 Å². The van der Waals surface area contributed by atoms with Gasteiger partial charge in [-0.05, 0) is 18.2 Å². The number of hydrogen-bond acceptors (Lipinski definition) is 3. The number of hydrogen-bond donors (Lipinski definition) is 1. The molecule has 1 aromatic rings. The van der Waals surface area contributed by atoms with Crippen molar-refractivity contribution in [1.82, 2.24) is 0 Å². The Bertz CT molecular complexity index is 430. The highest BCUT2D eigenvalue weighted by molar-refractivity contribution is 7.89. The first-order valence-electron chi connectivity index (χ1n) is 3.75. The van der Waals surface area contributed by atoms with Gasteiger partial charge in [-0.3, -0.25) is 0 Å². The van der Waals surface area contributed by atoms with Crippen LogP contribution in [0.2, 0.25) is 0 Å². The molecule has 0 aliphatic rings. The minimum Gasteiger partial charge on any atom is -0.380 e. The van der Waals surface area contributed by atoms with Crippen molar-refractivity contribution in [2.75, 3.05) is 7.11 Å². The lowest BCUT2D eigenvalue weighted by atomic mass is 10.2. The van der Waals surface area contributed by atoms with Crippen LogP contribution < -0.4 is 5.14 Å². The van der Waals surface area contributed by atoms with Gasteiger partial charge in [-0.2, -0.15) is 0 Å². The lowest BCUT2D eigenvalue weighted by Crippen LogP contribution is -2.15. The summed E-state index contributed by atoms with van der Waals surface area (Å²) in [6, 6.07) is 3.25. The summed E-state index contributed by atoms with van der Waals surface area (Å²) in [5, 5.41) is 4.93. The topological polar surface area (TPSA) is 69.4 Å². The van der Waals surface area contributed by atoms with Crippen molar-refractivity contribution < 1.29 is 17.5 Å². The predicted octanol–water partition coefficient (Wildman–Crippen LogP) is 0.620. The Morgan fingerprint density at radius 3 is 2.64 bits per heavy atom. The third-order valence-corrected chi connectivity index (χ3v) is 2.64. The van der Waals surface area contributed by atoms with E-state index in [9.17, 15) is 12.8 Å². The highest BCUT2D eigenvalue weighted by Crippen LogP contribution is 2.16. The van der Waals surface area contributed by atoms with Crippen molar-refractivity contribution in [3.8, 4) is 0 Å². The summed E-state index contributed by atoms with van der Waals surface area (Å²) in [5.74, 6) is -0.524. The summed E-state index contributed by atoms with van der Waals surface area (Å²) in [6.45, 7) is 0.00350. The van der Waals surface area contributed by atoms with Gasteiger partial charge in [-0.15, -0.1) is 0 Å². The Hall–Kier alpha value is -0.980. The first-order chi connectivity index (χ1) is 6.45. The van der Waals surface area contributed by atoms with Crippen molar-refractivity contribution >= 4 is 10.0 Å². The number of sulfonamides is 1. The molecule has 0 spiro atoms. The normalized spacial score (nSPS) is 11.6. The summed E-state index contributed by atoms with van der Waals surface area (Å²) < 4.78 is 39.6. The van der Waals surface area contributed by atoms with Crippen LogP contribution in [0.25, 0.3) is 0 Å². The van der Waals surface area contributed by atoms with Crippen LogP contribution in [0.3, 0.4) is 0 Å². The molecule has 0 heterocycles. The van der Waals surface area contributed by atoms with Crippen LogP contribution in [0.15, 0.2) is 23.1 Å². The Labute approximate surface area is 81.5 Å². The maximum Gasteiger partial charge on any atom is 0.238 e. The van der Waals surface area contributed by atoms with Crippen LogP contribution in [0.1, 0.15) is 5.56 Å². The van der Waals surface area contributed by atoms with Gasteiger partial charge in [0.1, 0.15) is 5.82 Å². The highest BCUT2D eigenvalue weighted by Gasteiger charge is 2.14. The molecule has 0 unspecified atom stereocenters. The van der Waals surface area contributed by atoms with Crippen molar-refractivity contribution in [2.45, 2.75) is 11.5 Å².